The standard InChI is InChI=1S/C93H143N27O22/c1-7-52(6)77(119-81(131)62(26-17-37-103-92(99)100)110-83(133)66(41-51(4)5)115-84(134)67(43-53-20-9-8-10-21-53)108-75(125)49-106-74(124)48-107-78(128)58(96)42-54-29-31-56(121)32-30-54)89(139)112-63(27-18-38-104-93(101)102)90(140)120-39-19-28-71(120)88(138)111-61(25-14-16-36-95)80(130)114-65(40-50(2)3)82(132)109-60(24-13-15-35-94)79(129)116-68(44-55-47-105-59-23-12-11-22-57(55)59)85(135)118-70(46-76(126)127)87(137)117-69(45-73(98)123)86(136)113-64(91(141)142)33-34-72(97)122/h8-12,20-23,29-32,47,50-52,58,60-71,77,105,121H,7,13-19,24-28,33-46,48-49,94-96H2,1-6H3,(H2,97,122)(H2,98,123)(H,106,124)(H,107,128)(H,108,125)(H,109,132)(H,110,133)(H,111,138)(H,112,139)(H,113,136)(H,114,130)(H,115,134)(H,116,129)(H,117,137)(H,118,135)(H,119,131)(H,126,127)(H,141,142)(H4,99,100,103)(H4,101,102,104)/t52-,58-,60-,61-,62-,63-,64-,65-,66-,67-,68-,69-,70-,71-,77-/m0/s1. The average Bonchev–Trinajstić information content (AvgIpc) is 1.64. The van der Waals surface area contributed by atoms with Gasteiger partial charge in [-0.1, -0.05) is 109 Å². The molecule has 0 aliphatic carbocycles. The molecule has 49 nitrogen and oxygen atoms in total. The van der Waals surface area contributed by atoms with Crippen molar-refractivity contribution in [2.24, 2.45) is 57.9 Å². The maximum Gasteiger partial charge on any atom is 0.326 e. The van der Waals surface area contributed by atoms with Crippen molar-refractivity contribution in [3.05, 3.63) is 102 Å². The van der Waals surface area contributed by atoms with Crippen LogP contribution in [0.25, 0.3) is 10.9 Å². The summed E-state index contributed by atoms with van der Waals surface area (Å²) in [6.07, 6.45) is -0.973. The molecule has 0 radical (unpaired) electrons. The smallest absolute Gasteiger partial charge is 0.326 e. The molecule has 1 fully saturated rings. The molecule has 15 atom stereocenters. The third-order valence-corrected chi connectivity index (χ3v) is 23.3. The Morgan fingerprint density at radius 2 is 0.894 bits per heavy atom. The highest BCUT2D eigenvalue weighted by Crippen LogP contribution is 2.25. The minimum absolute atomic E-state index is 0.0162. The first-order chi connectivity index (χ1) is 67.3. The molecule has 5 rings (SSSR count). The fraction of sp³-hybridized carbons (Fsp3) is 0.559. The number of hydrogen-bond acceptors (Lipinski definition) is 25. The summed E-state index contributed by atoms with van der Waals surface area (Å²) in [5.74, 6) is -21.7. The van der Waals surface area contributed by atoms with E-state index >= 15 is 24.0 Å². The number of unbranched alkanes of at least 4 members (excludes halogenated alkanes) is 2. The summed E-state index contributed by atoms with van der Waals surface area (Å²) in [5, 5.41) is 86.8. The highest BCUT2D eigenvalue weighted by atomic mass is 16.4. The highest BCUT2D eigenvalue weighted by Gasteiger charge is 2.43. The van der Waals surface area contributed by atoms with Crippen molar-refractivity contribution in [2.45, 2.75) is 267 Å². The molecule has 782 valence electrons. The molecule has 2 heterocycles. The van der Waals surface area contributed by atoms with Gasteiger partial charge in [-0.25, -0.2) is 4.79 Å². The number of phenolic OH excluding ortho intramolecular Hbond substituents is 1. The summed E-state index contributed by atoms with van der Waals surface area (Å²) in [6.45, 7) is 9.42. The topological polar surface area (TPSA) is 826 Å². The van der Waals surface area contributed by atoms with Gasteiger partial charge in [-0.2, -0.15) is 0 Å². The third kappa shape index (κ3) is 42.2. The van der Waals surface area contributed by atoms with Gasteiger partial charge in [0.25, 0.3) is 0 Å². The number of H-pyrrole nitrogens is 1. The Labute approximate surface area is 822 Å². The first-order valence-electron chi connectivity index (χ1n) is 47.5. The number of para-hydroxylation sites is 1. The number of guanidine groups is 2. The van der Waals surface area contributed by atoms with E-state index in [1.54, 1.807) is 108 Å². The number of primary amides is 2. The van der Waals surface area contributed by atoms with Crippen molar-refractivity contribution in [3.63, 3.8) is 0 Å². The number of carboxylic acid groups (broad SMARTS) is 2. The number of rotatable bonds is 65. The molecule has 1 saturated heterocycles. The van der Waals surface area contributed by atoms with Gasteiger partial charge in [-0.05, 0) is 168 Å². The first kappa shape index (κ1) is 118. The number of nitrogens with one attached hydrogen (secondary N) is 19. The van der Waals surface area contributed by atoms with Crippen LogP contribution in [-0.4, -0.2) is 280 Å². The van der Waals surface area contributed by atoms with E-state index in [0.29, 0.717) is 40.4 Å². The lowest BCUT2D eigenvalue weighted by atomic mass is 9.96. The van der Waals surface area contributed by atoms with Crippen LogP contribution >= 0.6 is 0 Å². The number of likely N-dealkylation sites (tertiary alicyclic amines) is 1. The van der Waals surface area contributed by atoms with Gasteiger partial charge < -0.3 is 150 Å². The van der Waals surface area contributed by atoms with Crippen LogP contribution in [0.1, 0.15) is 180 Å². The molecule has 17 amide bonds. The number of hydrogen-bond donors (Lipinski definition) is 29. The van der Waals surface area contributed by atoms with Gasteiger partial charge in [0.2, 0.25) is 100 Å². The number of aliphatic carboxylic acids is 2. The second-order valence-corrected chi connectivity index (χ2v) is 35.9. The summed E-state index contributed by atoms with van der Waals surface area (Å²) in [4.78, 5) is 269. The van der Waals surface area contributed by atoms with Crippen LogP contribution in [0.3, 0.4) is 0 Å². The molecule has 0 saturated carbocycles. The molecule has 1 aliphatic heterocycles. The number of aromatic hydroxyl groups is 1. The van der Waals surface area contributed by atoms with Crippen molar-refractivity contribution >= 4 is 135 Å². The molecular weight excluding hydrogens is 1850 g/mol. The molecule has 0 bridgehead atoms. The number of nitrogens with two attached hydrogens (primary N) is 7. The van der Waals surface area contributed by atoms with Crippen LogP contribution in [-0.2, 0) is 110 Å². The predicted molar refractivity (Wildman–Crippen MR) is 520 cm³/mol. The zero-order chi connectivity index (χ0) is 105. The Bertz CT molecular complexity index is 4970. The Morgan fingerprint density at radius 3 is 1.42 bits per heavy atom. The second kappa shape index (κ2) is 61.0. The largest absolute Gasteiger partial charge is 0.508 e. The number of aromatic amines is 1. The molecule has 3 aromatic carbocycles. The quantitative estimate of drug-likeness (QED) is 0.0112. The van der Waals surface area contributed by atoms with Gasteiger partial charge in [0.05, 0.1) is 32.0 Å². The van der Waals surface area contributed by atoms with Gasteiger partial charge in [-0.3, -0.25) is 97.1 Å². The van der Waals surface area contributed by atoms with E-state index in [1.807, 2.05) is 0 Å². The lowest BCUT2D eigenvalue weighted by Crippen LogP contribution is -2.61. The summed E-state index contributed by atoms with van der Waals surface area (Å²) in [6, 6.07) is -0.205. The van der Waals surface area contributed by atoms with Crippen LogP contribution in [0, 0.1) is 28.6 Å². The third-order valence-electron chi connectivity index (χ3n) is 23.3. The number of benzene rings is 3. The fourth-order valence-corrected chi connectivity index (χ4v) is 15.6. The number of carboxylic acids is 2. The van der Waals surface area contributed by atoms with Crippen molar-refractivity contribution in [1.29, 1.82) is 10.8 Å². The normalized spacial score (nSPS) is 15.2. The lowest BCUT2D eigenvalue weighted by Gasteiger charge is -2.32. The number of phenols is 1. The SMILES string of the molecule is CC[C@H](C)[C@H](NC(=O)[C@H](CCCNC(=N)N)NC(=O)[C@H](CC(C)C)NC(=O)[C@H](Cc1ccccc1)NC(=O)CNC(=O)CNC(=O)[C@@H](N)Cc1ccc(O)cc1)C(=O)N[C@@H](CCCNC(=N)N)C(=O)N1CCC[C@H]1C(=O)N[C@@H](CCCCN)C(=O)N[C@@H](CC(C)C)C(=O)N[C@@H](CCCCN)C(=O)N[C@@H](Cc1c[nH]c2ccccc12)C(=O)N[C@@H](CC(=O)O)C(=O)N[C@@H](CC(N)=O)C(=O)N[C@@H](CCC(N)=O)C(=O)O. The molecule has 1 aliphatic rings. The monoisotopic (exact) mass is 1990 g/mol. The zero-order valence-corrected chi connectivity index (χ0v) is 81.0. The minimum Gasteiger partial charge on any atom is -0.508 e. The van der Waals surface area contributed by atoms with Crippen LogP contribution < -0.4 is 125 Å². The predicted octanol–water partition coefficient (Wildman–Crippen LogP) is -5.11. The van der Waals surface area contributed by atoms with Crippen LogP contribution in [0.4, 0.5) is 0 Å². The maximum atomic E-state index is 15.3. The van der Waals surface area contributed by atoms with E-state index in [2.05, 4.69) is 90.1 Å². The van der Waals surface area contributed by atoms with E-state index < -0.39 is 254 Å². The molecule has 49 heteroatoms. The number of aromatic nitrogens is 1. The molecule has 4 aromatic rings. The molecule has 0 spiro atoms. The van der Waals surface area contributed by atoms with E-state index in [1.165, 1.54) is 23.2 Å². The fourth-order valence-electron chi connectivity index (χ4n) is 15.6. The van der Waals surface area contributed by atoms with Gasteiger partial charge in [0, 0.05) is 56.0 Å². The Hall–Kier alpha value is -14.6. The molecule has 36 N–H and O–H groups in total. The molecule has 0 unspecified atom stereocenters. The van der Waals surface area contributed by atoms with E-state index in [-0.39, 0.29) is 153 Å². The minimum atomic E-state index is -2.10. The molecule has 1 aromatic heterocycles. The lowest BCUT2D eigenvalue weighted by molar-refractivity contribution is -0.144. The van der Waals surface area contributed by atoms with Gasteiger partial charge in [0.15, 0.2) is 11.9 Å². The number of nitrogens with zero attached hydrogens (tertiary/aromatic N) is 1. The second-order valence-electron chi connectivity index (χ2n) is 35.9. The number of carbonyl (C=O) groups excluding carboxylic acids is 17. The van der Waals surface area contributed by atoms with Gasteiger partial charge in [-0.15, -0.1) is 0 Å². The van der Waals surface area contributed by atoms with Gasteiger partial charge >= 0.3 is 11.9 Å². The zero-order valence-electron chi connectivity index (χ0n) is 81.0. The van der Waals surface area contributed by atoms with Crippen LogP contribution in [0.2, 0.25) is 0 Å². The number of carbonyl (C=O) groups is 19. The highest BCUT2D eigenvalue weighted by molar-refractivity contribution is 6.02. The van der Waals surface area contributed by atoms with Gasteiger partial charge in [0.1, 0.15) is 84.3 Å². The van der Waals surface area contributed by atoms with Crippen molar-refractivity contribution in [3.8, 4) is 5.75 Å². The number of fused-ring (bicyclic) bond motifs is 1. The van der Waals surface area contributed by atoms with E-state index in [4.69, 9.17) is 51.0 Å². The summed E-state index contributed by atoms with van der Waals surface area (Å²) in [5.41, 5.74) is 42.0. The maximum absolute atomic E-state index is 15.3. The average molecular weight is 1990 g/mol. The summed E-state index contributed by atoms with van der Waals surface area (Å²) < 4.78 is 0. The van der Waals surface area contributed by atoms with Crippen LogP contribution in [0.15, 0.2) is 85.1 Å². The van der Waals surface area contributed by atoms with Crippen molar-refractivity contribution < 1.29 is 106 Å². The van der Waals surface area contributed by atoms with Crippen molar-refractivity contribution in [1.82, 2.24) is 95.0 Å². The molecule has 142 heavy (non-hydrogen) atoms. The van der Waals surface area contributed by atoms with Crippen LogP contribution in [0.5, 0.6) is 5.75 Å². The first-order valence-corrected chi connectivity index (χ1v) is 47.5. The Kier molecular flexibility index (Phi) is 50.7. The molecular formula is C93H143N27O22. The van der Waals surface area contributed by atoms with E-state index in [0.717, 1.165) is 0 Å². The Balaban J connectivity index is 1.40. The summed E-state index contributed by atoms with van der Waals surface area (Å²) in [7, 11) is 0. The van der Waals surface area contributed by atoms with E-state index in [9.17, 15) is 82.4 Å². The summed E-state index contributed by atoms with van der Waals surface area (Å²) >= 11 is 0. The van der Waals surface area contributed by atoms with Crippen molar-refractivity contribution in [2.75, 3.05) is 45.8 Å². The Morgan fingerprint density at radius 1 is 0.444 bits per heavy atom. The number of amides is 17.